The van der Waals surface area contributed by atoms with Gasteiger partial charge in [0.2, 0.25) is 0 Å². The van der Waals surface area contributed by atoms with Gasteiger partial charge in [0.05, 0.1) is 32.0 Å². The third-order valence-electron chi connectivity index (χ3n) is 6.15. The molecule has 0 atom stereocenters. The number of thiophene rings is 3. The van der Waals surface area contributed by atoms with Crippen molar-refractivity contribution in [3.63, 3.8) is 0 Å². The van der Waals surface area contributed by atoms with Gasteiger partial charge in [0, 0.05) is 33.4 Å². The van der Waals surface area contributed by atoms with Crippen LogP contribution in [0.4, 0.5) is 0 Å². The van der Waals surface area contributed by atoms with E-state index in [1.165, 1.54) is 75.8 Å². The topological polar surface area (TPSA) is 18.5 Å². The van der Waals surface area contributed by atoms with Crippen molar-refractivity contribution in [2.24, 2.45) is 0 Å². The second-order valence-corrected chi connectivity index (χ2v) is 11.9. The summed E-state index contributed by atoms with van der Waals surface area (Å²) in [5, 5.41) is 2.78. The number of hydrogen-bond acceptors (Lipinski definition) is 5. The normalized spacial score (nSPS) is 12.2. The Bertz CT molecular complexity index is 1260. The Balaban J connectivity index is 1.37. The molecular formula is C28H32O2S3. The van der Waals surface area contributed by atoms with Gasteiger partial charge in [0.1, 0.15) is 0 Å². The molecule has 0 saturated heterocycles. The number of benzene rings is 2. The van der Waals surface area contributed by atoms with Gasteiger partial charge in [0.25, 0.3) is 0 Å². The predicted molar refractivity (Wildman–Crippen MR) is 148 cm³/mol. The first-order valence-electron chi connectivity index (χ1n) is 12.2. The molecule has 5 aromatic rings. The Morgan fingerprint density at radius 2 is 1.06 bits per heavy atom. The summed E-state index contributed by atoms with van der Waals surface area (Å²) in [4.78, 5) is 0. The maximum atomic E-state index is 5.89. The quantitative estimate of drug-likeness (QED) is 0.160. The SMILES string of the molecule is CCCCCOCc1ccc2c(c1)sc1c2sc2c3ccc(COCCCCC)cc3sc21. The summed E-state index contributed by atoms with van der Waals surface area (Å²) in [5.74, 6) is 0. The fourth-order valence-corrected chi connectivity index (χ4v) is 8.70. The van der Waals surface area contributed by atoms with Crippen molar-refractivity contribution in [2.45, 2.75) is 65.6 Å². The fraction of sp³-hybridized carbons (Fsp3) is 0.429. The summed E-state index contributed by atoms with van der Waals surface area (Å²) in [6, 6.07) is 13.8. The third kappa shape index (κ3) is 4.98. The molecule has 0 saturated carbocycles. The summed E-state index contributed by atoms with van der Waals surface area (Å²) in [5.41, 5.74) is 2.56. The first kappa shape index (κ1) is 23.3. The molecule has 2 aromatic carbocycles. The molecule has 5 heteroatoms. The van der Waals surface area contributed by atoms with E-state index in [0.29, 0.717) is 13.2 Å². The lowest BCUT2D eigenvalue weighted by Gasteiger charge is -2.04. The Kier molecular flexibility index (Phi) is 7.63. The van der Waals surface area contributed by atoms with Crippen LogP contribution in [0.2, 0.25) is 0 Å². The number of unbranched alkanes of at least 4 members (excludes halogenated alkanes) is 4. The zero-order chi connectivity index (χ0) is 22.6. The van der Waals surface area contributed by atoms with E-state index in [9.17, 15) is 0 Å². The average Bonchev–Trinajstić information content (AvgIpc) is 3.46. The van der Waals surface area contributed by atoms with Crippen molar-refractivity contribution in [1.29, 1.82) is 0 Å². The minimum atomic E-state index is 0.715. The minimum Gasteiger partial charge on any atom is -0.377 e. The van der Waals surface area contributed by atoms with E-state index in [0.717, 1.165) is 26.1 Å². The molecule has 0 N–H and O–H groups in total. The standard InChI is InChI=1S/C28H32O2S3/c1-3-5-7-13-29-17-19-9-11-21-23(15-19)31-27-25(21)33-26-22-12-10-20(16-24(22)32-28(26)27)18-30-14-8-6-4-2/h9-12,15-16H,3-8,13-14,17-18H2,1-2H3. The van der Waals surface area contributed by atoms with Gasteiger partial charge in [-0.3, -0.25) is 0 Å². The van der Waals surface area contributed by atoms with Gasteiger partial charge in [-0.1, -0.05) is 63.8 Å². The highest BCUT2D eigenvalue weighted by Crippen LogP contribution is 2.50. The molecule has 2 nitrogen and oxygen atoms in total. The van der Waals surface area contributed by atoms with Gasteiger partial charge in [-0.2, -0.15) is 0 Å². The molecule has 0 amide bonds. The number of ether oxygens (including phenoxy) is 2. The lowest BCUT2D eigenvalue weighted by atomic mass is 10.2. The zero-order valence-corrected chi connectivity index (χ0v) is 22.0. The van der Waals surface area contributed by atoms with E-state index in [2.05, 4.69) is 50.2 Å². The Labute approximate surface area is 208 Å². The predicted octanol–water partition coefficient (Wildman–Crippen LogP) is 9.90. The molecule has 174 valence electrons. The van der Waals surface area contributed by atoms with Crippen molar-refractivity contribution in [1.82, 2.24) is 0 Å². The van der Waals surface area contributed by atoms with Gasteiger partial charge in [-0.25, -0.2) is 0 Å². The molecule has 33 heavy (non-hydrogen) atoms. The number of rotatable bonds is 12. The second-order valence-electron chi connectivity index (χ2n) is 8.80. The van der Waals surface area contributed by atoms with E-state index < -0.39 is 0 Å². The van der Waals surface area contributed by atoms with E-state index in [-0.39, 0.29) is 0 Å². The molecule has 0 spiro atoms. The van der Waals surface area contributed by atoms with Crippen LogP contribution in [-0.4, -0.2) is 13.2 Å². The van der Waals surface area contributed by atoms with Crippen LogP contribution >= 0.6 is 34.0 Å². The van der Waals surface area contributed by atoms with Crippen molar-refractivity contribution < 1.29 is 9.47 Å². The van der Waals surface area contributed by atoms with E-state index in [1.807, 2.05) is 34.0 Å². The number of hydrogen-bond donors (Lipinski definition) is 0. The molecule has 0 aliphatic rings. The lowest BCUT2D eigenvalue weighted by Crippen LogP contribution is -1.95. The van der Waals surface area contributed by atoms with Gasteiger partial charge in [-0.15, -0.1) is 34.0 Å². The Morgan fingerprint density at radius 3 is 1.52 bits per heavy atom. The molecule has 0 bridgehead atoms. The molecule has 0 radical (unpaired) electrons. The third-order valence-corrected chi connectivity index (χ3v) is 10.1. The smallest absolute Gasteiger partial charge is 0.0717 e. The van der Waals surface area contributed by atoms with Gasteiger partial charge in [0.15, 0.2) is 0 Å². The molecule has 5 rings (SSSR count). The van der Waals surface area contributed by atoms with Crippen LogP contribution in [0.15, 0.2) is 36.4 Å². The summed E-state index contributed by atoms with van der Waals surface area (Å²) in [7, 11) is 0. The van der Waals surface area contributed by atoms with Crippen molar-refractivity contribution in [3.8, 4) is 0 Å². The summed E-state index contributed by atoms with van der Waals surface area (Å²) in [6.07, 6.45) is 7.29. The van der Waals surface area contributed by atoms with E-state index in [1.54, 1.807) is 0 Å². The van der Waals surface area contributed by atoms with Gasteiger partial charge >= 0.3 is 0 Å². The monoisotopic (exact) mass is 496 g/mol. The minimum absolute atomic E-state index is 0.715. The van der Waals surface area contributed by atoms with Gasteiger partial charge < -0.3 is 9.47 Å². The van der Waals surface area contributed by atoms with Crippen LogP contribution in [0.3, 0.4) is 0 Å². The highest BCUT2D eigenvalue weighted by Gasteiger charge is 2.17. The first-order valence-corrected chi connectivity index (χ1v) is 14.7. The molecule has 0 fully saturated rings. The summed E-state index contributed by atoms with van der Waals surface area (Å²) >= 11 is 5.84. The van der Waals surface area contributed by atoms with E-state index >= 15 is 0 Å². The van der Waals surface area contributed by atoms with E-state index in [4.69, 9.17) is 9.47 Å². The van der Waals surface area contributed by atoms with Crippen LogP contribution in [0.25, 0.3) is 39.0 Å². The largest absolute Gasteiger partial charge is 0.377 e. The Hall–Kier alpha value is -1.50. The lowest BCUT2D eigenvalue weighted by molar-refractivity contribution is 0.117. The first-order chi connectivity index (χ1) is 16.3. The highest BCUT2D eigenvalue weighted by molar-refractivity contribution is 7.43. The van der Waals surface area contributed by atoms with Crippen LogP contribution in [0.5, 0.6) is 0 Å². The highest BCUT2D eigenvalue weighted by atomic mass is 32.1. The summed E-state index contributed by atoms with van der Waals surface area (Å²) in [6.45, 7) is 7.61. The molecule has 3 aromatic heterocycles. The molecule has 0 aliphatic heterocycles. The molecule has 0 aliphatic carbocycles. The fourth-order valence-electron chi connectivity index (χ4n) is 4.31. The van der Waals surface area contributed by atoms with Crippen molar-refractivity contribution in [3.05, 3.63) is 47.5 Å². The van der Waals surface area contributed by atoms with Crippen molar-refractivity contribution >= 4 is 73.0 Å². The zero-order valence-electron chi connectivity index (χ0n) is 19.6. The van der Waals surface area contributed by atoms with Gasteiger partial charge in [-0.05, 0) is 36.1 Å². The molecular weight excluding hydrogens is 465 g/mol. The summed E-state index contributed by atoms with van der Waals surface area (Å²) < 4.78 is 20.3. The van der Waals surface area contributed by atoms with Crippen LogP contribution < -0.4 is 0 Å². The van der Waals surface area contributed by atoms with Crippen LogP contribution in [-0.2, 0) is 22.7 Å². The second kappa shape index (κ2) is 10.8. The Morgan fingerprint density at radius 1 is 0.576 bits per heavy atom. The van der Waals surface area contributed by atoms with Crippen LogP contribution in [0, 0.1) is 0 Å². The molecule has 3 heterocycles. The van der Waals surface area contributed by atoms with Crippen LogP contribution in [0.1, 0.15) is 63.5 Å². The maximum Gasteiger partial charge on any atom is 0.0717 e. The average molecular weight is 497 g/mol. The number of fused-ring (bicyclic) bond motifs is 7. The van der Waals surface area contributed by atoms with Crippen molar-refractivity contribution in [2.75, 3.05) is 13.2 Å². The molecule has 0 unspecified atom stereocenters. The maximum absolute atomic E-state index is 5.89.